The molecule has 0 spiro atoms. The number of quaternary nitrogens is 1. The molecule has 0 fully saturated rings. The predicted molar refractivity (Wildman–Crippen MR) is 169 cm³/mol. The first-order chi connectivity index (χ1) is 19.6. The summed E-state index contributed by atoms with van der Waals surface area (Å²) in [5.74, 6) is -0.323. The number of rotatable bonds is 30. The Bertz CT molecular complexity index is 681. The Morgan fingerprint density at radius 3 is 1.95 bits per heavy atom. The number of hydrogen-bond donors (Lipinski definition) is 1. The largest absolute Gasteiger partial charge is 0.472 e. The van der Waals surface area contributed by atoms with E-state index < -0.39 is 13.9 Å². The molecule has 0 aliphatic rings. The number of unbranched alkanes of at least 4 members (excludes halogenated alkanes) is 14. The zero-order chi connectivity index (χ0) is 30.7. The molecule has 0 aliphatic heterocycles. The van der Waals surface area contributed by atoms with E-state index in [1.165, 1.54) is 77.0 Å². The molecule has 0 aromatic carbocycles. The van der Waals surface area contributed by atoms with E-state index >= 15 is 0 Å². The van der Waals surface area contributed by atoms with E-state index in [-0.39, 0.29) is 25.8 Å². The second kappa shape index (κ2) is 26.8. The quantitative estimate of drug-likeness (QED) is 0.0289. The van der Waals surface area contributed by atoms with E-state index in [0.717, 1.165) is 32.1 Å². The van der Waals surface area contributed by atoms with Gasteiger partial charge < -0.3 is 18.9 Å². The van der Waals surface area contributed by atoms with Gasteiger partial charge in [0.05, 0.1) is 34.4 Å². The smallest absolute Gasteiger partial charge is 0.457 e. The highest BCUT2D eigenvalue weighted by molar-refractivity contribution is 7.47. The molecule has 2 unspecified atom stereocenters. The standard InChI is InChI=1S/C32H64NO7P/c1-6-8-10-12-14-16-17-18-20-22-24-27-37-29-31(30-39-41(35,36)38-28-26-33(3,4)5)40-32(34)25-23-21-19-15-13-11-9-7-2/h10,12,31H,6-9,11,13-30H2,1-5H3/p+1/b12-10-. The fourth-order valence-corrected chi connectivity index (χ4v) is 4.94. The number of phosphoric ester groups is 1. The van der Waals surface area contributed by atoms with Gasteiger partial charge in [-0.15, -0.1) is 0 Å². The number of carbonyl (C=O) groups excluding carboxylic acids is 1. The molecular weight excluding hydrogens is 541 g/mol. The van der Waals surface area contributed by atoms with E-state index in [1.54, 1.807) is 0 Å². The minimum Gasteiger partial charge on any atom is -0.457 e. The van der Waals surface area contributed by atoms with Crippen molar-refractivity contribution >= 4 is 13.8 Å². The maximum Gasteiger partial charge on any atom is 0.472 e. The molecule has 0 saturated heterocycles. The highest BCUT2D eigenvalue weighted by Crippen LogP contribution is 2.43. The molecule has 0 rings (SSSR count). The van der Waals surface area contributed by atoms with Crippen LogP contribution < -0.4 is 0 Å². The Morgan fingerprint density at radius 1 is 0.732 bits per heavy atom. The summed E-state index contributed by atoms with van der Waals surface area (Å²) in [6.07, 6.45) is 23.8. The summed E-state index contributed by atoms with van der Waals surface area (Å²) in [4.78, 5) is 22.5. The van der Waals surface area contributed by atoms with Crippen molar-refractivity contribution in [3.05, 3.63) is 12.2 Å². The second-order valence-electron chi connectivity index (χ2n) is 12.2. The van der Waals surface area contributed by atoms with Crippen molar-refractivity contribution in [3.63, 3.8) is 0 Å². The van der Waals surface area contributed by atoms with E-state index in [4.69, 9.17) is 18.5 Å². The predicted octanol–water partition coefficient (Wildman–Crippen LogP) is 8.37. The van der Waals surface area contributed by atoms with Crippen LogP contribution in [0.1, 0.15) is 129 Å². The summed E-state index contributed by atoms with van der Waals surface area (Å²) < 4.78 is 34.6. The molecule has 0 aromatic rings. The summed E-state index contributed by atoms with van der Waals surface area (Å²) in [6.45, 7) is 5.51. The van der Waals surface area contributed by atoms with Gasteiger partial charge in [0.2, 0.25) is 0 Å². The molecule has 8 nitrogen and oxygen atoms in total. The fourth-order valence-electron chi connectivity index (χ4n) is 4.20. The van der Waals surface area contributed by atoms with Crippen LogP contribution in [0.4, 0.5) is 0 Å². The topological polar surface area (TPSA) is 91.3 Å². The summed E-state index contributed by atoms with van der Waals surface area (Å²) in [7, 11) is 1.66. The lowest BCUT2D eigenvalue weighted by Crippen LogP contribution is -2.37. The number of allylic oxidation sites excluding steroid dienone is 2. The van der Waals surface area contributed by atoms with Crippen molar-refractivity contribution in [3.8, 4) is 0 Å². The van der Waals surface area contributed by atoms with E-state index in [9.17, 15) is 14.3 Å². The molecule has 2 atom stereocenters. The van der Waals surface area contributed by atoms with Crippen molar-refractivity contribution in [2.24, 2.45) is 0 Å². The molecule has 0 radical (unpaired) electrons. The van der Waals surface area contributed by atoms with Crippen LogP contribution in [0.15, 0.2) is 12.2 Å². The average Bonchev–Trinajstić information content (AvgIpc) is 2.90. The highest BCUT2D eigenvalue weighted by Gasteiger charge is 2.26. The normalized spacial score (nSPS) is 14.4. The van der Waals surface area contributed by atoms with Crippen molar-refractivity contribution in [1.82, 2.24) is 0 Å². The SMILES string of the molecule is CCC/C=C\CCCCCCCCOCC(COP(=O)(O)OCC[N+](C)(C)C)OC(=O)CCCCCCCCCC. The maximum absolute atomic E-state index is 12.5. The number of ether oxygens (including phenoxy) is 2. The average molecular weight is 607 g/mol. The van der Waals surface area contributed by atoms with Crippen LogP contribution in [-0.4, -0.2) is 75.6 Å². The third kappa shape index (κ3) is 30.5. The zero-order valence-electron chi connectivity index (χ0n) is 27.3. The zero-order valence-corrected chi connectivity index (χ0v) is 28.2. The number of hydrogen-bond acceptors (Lipinski definition) is 6. The third-order valence-electron chi connectivity index (χ3n) is 6.81. The number of nitrogens with zero attached hydrogens (tertiary/aromatic N) is 1. The molecule has 1 N–H and O–H groups in total. The van der Waals surface area contributed by atoms with Gasteiger partial charge >= 0.3 is 13.8 Å². The first-order valence-corrected chi connectivity index (χ1v) is 17.9. The second-order valence-corrected chi connectivity index (χ2v) is 13.6. The van der Waals surface area contributed by atoms with Crippen LogP contribution in [-0.2, 0) is 27.9 Å². The van der Waals surface area contributed by atoms with Crippen LogP contribution in [0.3, 0.4) is 0 Å². The lowest BCUT2D eigenvalue weighted by atomic mass is 10.1. The minimum atomic E-state index is -4.25. The highest BCUT2D eigenvalue weighted by atomic mass is 31.2. The third-order valence-corrected chi connectivity index (χ3v) is 7.79. The van der Waals surface area contributed by atoms with E-state index in [2.05, 4.69) is 26.0 Å². The summed E-state index contributed by atoms with van der Waals surface area (Å²) in [5, 5.41) is 0. The van der Waals surface area contributed by atoms with Gasteiger partial charge in [-0.25, -0.2) is 4.57 Å². The van der Waals surface area contributed by atoms with E-state index in [0.29, 0.717) is 24.1 Å². The molecule has 244 valence electrons. The van der Waals surface area contributed by atoms with Crippen molar-refractivity contribution in [1.29, 1.82) is 0 Å². The molecule has 0 amide bonds. The monoisotopic (exact) mass is 606 g/mol. The van der Waals surface area contributed by atoms with Crippen LogP contribution in [0.5, 0.6) is 0 Å². The molecular formula is C32H65NO7P+. The van der Waals surface area contributed by atoms with Gasteiger partial charge in [0.25, 0.3) is 0 Å². The Labute approximate surface area is 252 Å². The summed E-state index contributed by atoms with van der Waals surface area (Å²) in [5.41, 5.74) is 0. The van der Waals surface area contributed by atoms with Gasteiger partial charge in [0, 0.05) is 13.0 Å². The van der Waals surface area contributed by atoms with Crippen molar-refractivity contribution in [2.75, 3.05) is 54.1 Å². The van der Waals surface area contributed by atoms with Gasteiger partial charge in [0.15, 0.2) is 0 Å². The number of likely N-dealkylation sites (N-methyl/N-ethyl adjacent to an activating group) is 1. The fraction of sp³-hybridized carbons (Fsp3) is 0.906. The molecule has 0 bridgehead atoms. The summed E-state index contributed by atoms with van der Waals surface area (Å²) in [6, 6.07) is 0. The van der Waals surface area contributed by atoms with Crippen molar-refractivity contribution < 1.29 is 37.3 Å². The first-order valence-electron chi connectivity index (χ1n) is 16.4. The number of carbonyl (C=O) groups is 1. The van der Waals surface area contributed by atoms with Gasteiger partial charge in [-0.05, 0) is 32.1 Å². The Kier molecular flexibility index (Phi) is 26.3. The Hall–Kier alpha value is -0.760. The first kappa shape index (κ1) is 40.2. The van der Waals surface area contributed by atoms with Gasteiger partial charge in [-0.2, -0.15) is 0 Å². The lowest BCUT2D eigenvalue weighted by molar-refractivity contribution is -0.870. The molecule has 0 saturated carbocycles. The van der Waals surface area contributed by atoms with Gasteiger partial charge in [-0.3, -0.25) is 13.8 Å². The number of esters is 1. The minimum absolute atomic E-state index is 0.0895. The molecule has 9 heteroatoms. The van der Waals surface area contributed by atoms with Crippen LogP contribution in [0.2, 0.25) is 0 Å². The Morgan fingerprint density at radius 2 is 1.32 bits per heavy atom. The van der Waals surface area contributed by atoms with E-state index in [1.807, 2.05) is 21.1 Å². The van der Waals surface area contributed by atoms with Crippen LogP contribution >= 0.6 is 7.82 Å². The van der Waals surface area contributed by atoms with Crippen molar-refractivity contribution in [2.45, 2.75) is 136 Å². The van der Waals surface area contributed by atoms with Crippen LogP contribution in [0.25, 0.3) is 0 Å². The van der Waals surface area contributed by atoms with Crippen LogP contribution in [0, 0.1) is 0 Å². The van der Waals surface area contributed by atoms with Gasteiger partial charge in [0.1, 0.15) is 19.3 Å². The molecule has 0 aliphatic carbocycles. The summed E-state index contributed by atoms with van der Waals surface area (Å²) >= 11 is 0. The Balaban J connectivity index is 4.36. The molecule has 0 heterocycles. The number of phosphoric acid groups is 1. The lowest BCUT2D eigenvalue weighted by Gasteiger charge is -2.24. The maximum atomic E-state index is 12.5. The van der Waals surface area contributed by atoms with Gasteiger partial charge in [-0.1, -0.05) is 103 Å². The molecule has 41 heavy (non-hydrogen) atoms. The molecule has 0 aromatic heterocycles.